The van der Waals surface area contributed by atoms with Crippen LogP contribution in [0.25, 0.3) is 0 Å². The number of amidine groups is 1. The topological polar surface area (TPSA) is 24.4 Å². The van der Waals surface area contributed by atoms with Crippen LogP contribution in [0.15, 0.2) is 35.3 Å². The van der Waals surface area contributed by atoms with Gasteiger partial charge in [-0.1, -0.05) is 42.1 Å². The van der Waals surface area contributed by atoms with Gasteiger partial charge in [-0.25, -0.2) is 0 Å². The van der Waals surface area contributed by atoms with Crippen molar-refractivity contribution in [2.24, 2.45) is 4.99 Å². The maximum atomic E-state index is 4.44. The molecule has 0 saturated carbocycles. The molecule has 0 spiro atoms. The summed E-state index contributed by atoms with van der Waals surface area (Å²) in [4.78, 5) is 4.44. The second kappa shape index (κ2) is 5.58. The number of hydrogen-bond donors (Lipinski definition) is 1. The van der Waals surface area contributed by atoms with Crippen molar-refractivity contribution in [2.45, 2.75) is 32.2 Å². The number of hydrogen-bond acceptors (Lipinski definition) is 3. The van der Waals surface area contributed by atoms with E-state index in [1.165, 1.54) is 5.56 Å². The standard InChI is InChI=1S/C14H20N2S/c1-14(2,16-13-15-10-11-17-13)9-8-12-6-4-3-5-7-12/h3-7H,8-11H2,1-2H3,(H,15,16). The van der Waals surface area contributed by atoms with E-state index in [1.54, 1.807) is 0 Å². The molecule has 1 N–H and O–H groups in total. The average Bonchev–Trinajstić information content (AvgIpc) is 2.80. The molecule has 17 heavy (non-hydrogen) atoms. The van der Waals surface area contributed by atoms with Crippen LogP contribution >= 0.6 is 11.8 Å². The van der Waals surface area contributed by atoms with Crippen LogP contribution in [0.1, 0.15) is 25.8 Å². The van der Waals surface area contributed by atoms with Crippen LogP contribution in [0, 0.1) is 0 Å². The van der Waals surface area contributed by atoms with E-state index in [1.807, 2.05) is 11.8 Å². The molecular weight excluding hydrogens is 228 g/mol. The van der Waals surface area contributed by atoms with Gasteiger partial charge in [0.05, 0.1) is 6.54 Å². The van der Waals surface area contributed by atoms with Crippen LogP contribution in [-0.2, 0) is 6.42 Å². The molecule has 1 aromatic carbocycles. The first-order valence-electron chi connectivity index (χ1n) is 6.15. The summed E-state index contributed by atoms with van der Waals surface area (Å²) in [6.07, 6.45) is 2.23. The van der Waals surface area contributed by atoms with E-state index in [0.717, 1.165) is 30.3 Å². The summed E-state index contributed by atoms with van der Waals surface area (Å²) in [5, 5.41) is 4.65. The number of thioether (sulfide) groups is 1. The SMILES string of the molecule is CC(C)(CCc1ccccc1)NC1=NCCS1. The summed E-state index contributed by atoms with van der Waals surface area (Å²) in [5.74, 6) is 1.12. The average molecular weight is 248 g/mol. The zero-order chi connectivity index (χ0) is 12.1. The molecule has 3 heteroatoms. The molecule has 2 nitrogen and oxygen atoms in total. The summed E-state index contributed by atoms with van der Waals surface area (Å²) < 4.78 is 0. The van der Waals surface area contributed by atoms with Gasteiger partial charge in [0, 0.05) is 11.3 Å². The summed E-state index contributed by atoms with van der Waals surface area (Å²) in [5.41, 5.74) is 1.52. The highest BCUT2D eigenvalue weighted by Crippen LogP contribution is 2.17. The number of aryl methyl sites for hydroxylation is 1. The van der Waals surface area contributed by atoms with Crippen molar-refractivity contribution in [1.82, 2.24) is 5.32 Å². The lowest BCUT2D eigenvalue weighted by Gasteiger charge is -2.27. The first-order valence-corrected chi connectivity index (χ1v) is 7.14. The van der Waals surface area contributed by atoms with Crippen molar-refractivity contribution in [3.8, 4) is 0 Å². The van der Waals surface area contributed by atoms with E-state index in [4.69, 9.17) is 0 Å². The first kappa shape index (κ1) is 12.5. The van der Waals surface area contributed by atoms with E-state index in [-0.39, 0.29) is 5.54 Å². The quantitative estimate of drug-likeness (QED) is 0.885. The van der Waals surface area contributed by atoms with Gasteiger partial charge in [0.15, 0.2) is 5.17 Å². The lowest BCUT2D eigenvalue weighted by molar-refractivity contribution is 0.428. The number of aliphatic imine (C=N–C) groups is 1. The number of rotatable bonds is 4. The zero-order valence-electron chi connectivity index (χ0n) is 10.6. The Hall–Kier alpha value is -0.960. The molecule has 0 amide bonds. The number of nitrogens with one attached hydrogen (secondary N) is 1. The van der Waals surface area contributed by atoms with Gasteiger partial charge in [-0.2, -0.15) is 0 Å². The van der Waals surface area contributed by atoms with Crippen LogP contribution in [-0.4, -0.2) is 23.0 Å². The molecule has 1 aromatic rings. The molecule has 92 valence electrons. The van der Waals surface area contributed by atoms with Crippen molar-refractivity contribution in [3.05, 3.63) is 35.9 Å². The Morgan fingerprint density at radius 1 is 1.29 bits per heavy atom. The second-order valence-corrected chi connectivity index (χ2v) is 6.11. The van der Waals surface area contributed by atoms with Crippen molar-refractivity contribution in [3.63, 3.8) is 0 Å². The molecule has 0 unspecified atom stereocenters. The molecule has 0 aliphatic carbocycles. The maximum Gasteiger partial charge on any atom is 0.157 e. The van der Waals surface area contributed by atoms with E-state index < -0.39 is 0 Å². The largest absolute Gasteiger partial charge is 0.360 e. The van der Waals surface area contributed by atoms with Crippen molar-refractivity contribution in [2.75, 3.05) is 12.3 Å². The minimum Gasteiger partial charge on any atom is -0.360 e. The summed E-state index contributed by atoms with van der Waals surface area (Å²) in [6.45, 7) is 5.45. The van der Waals surface area contributed by atoms with Gasteiger partial charge in [-0.3, -0.25) is 4.99 Å². The molecule has 1 aliphatic rings. The minimum atomic E-state index is 0.117. The van der Waals surface area contributed by atoms with Crippen molar-refractivity contribution >= 4 is 16.9 Å². The fourth-order valence-electron chi connectivity index (χ4n) is 1.86. The molecule has 0 fully saturated rings. The predicted molar refractivity (Wildman–Crippen MR) is 76.7 cm³/mol. The lowest BCUT2D eigenvalue weighted by Crippen LogP contribution is -2.42. The van der Waals surface area contributed by atoms with Crippen LogP contribution in [0.3, 0.4) is 0 Å². The molecule has 0 bridgehead atoms. The molecule has 0 atom stereocenters. The fraction of sp³-hybridized carbons (Fsp3) is 0.500. The molecule has 0 saturated heterocycles. The highest BCUT2D eigenvalue weighted by molar-refractivity contribution is 8.14. The van der Waals surface area contributed by atoms with Gasteiger partial charge in [0.25, 0.3) is 0 Å². The zero-order valence-corrected chi connectivity index (χ0v) is 11.4. The predicted octanol–water partition coefficient (Wildman–Crippen LogP) is 3.09. The fourth-order valence-corrected chi connectivity index (χ4v) is 2.77. The lowest BCUT2D eigenvalue weighted by atomic mass is 9.95. The number of nitrogens with zero attached hydrogens (tertiary/aromatic N) is 1. The third-order valence-electron chi connectivity index (χ3n) is 2.91. The van der Waals surface area contributed by atoms with Gasteiger partial charge in [-0.15, -0.1) is 0 Å². The molecule has 0 aromatic heterocycles. The Morgan fingerprint density at radius 3 is 2.71 bits per heavy atom. The molecule has 1 aliphatic heterocycles. The van der Waals surface area contributed by atoms with E-state index in [2.05, 4.69) is 54.5 Å². The minimum absolute atomic E-state index is 0.117. The molecule has 1 heterocycles. The van der Waals surface area contributed by atoms with Crippen molar-refractivity contribution in [1.29, 1.82) is 0 Å². The normalized spacial score (nSPS) is 15.8. The first-order chi connectivity index (χ1) is 8.16. The Balaban J connectivity index is 1.84. The maximum absolute atomic E-state index is 4.44. The third kappa shape index (κ3) is 4.08. The van der Waals surface area contributed by atoms with Gasteiger partial charge >= 0.3 is 0 Å². The van der Waals surface area contributed by atoms with Gasteiger partial charge in [0.1, 0.15) is 0 Å². The van der Waals surface area contributed by atoms with E-state index in [0.29, 0.717) is 0 Å². The van der Waals surface area contributed by atoms with Crippen LogP contribution < -0.4 is 5.32 Å². The second-order valence-electron chi connectivity index (χ2n) is 5.03. The summed E-state index contributed by atoms with van der Waals surface area (Å²) in [6, 6.07) is 10.7. The Labute approximate surface area is 108 Å². The van der Waals surface area contributed by atoms with E-state index in [9.17, 15) is 0 Å². The van der Waals surface area contributed by atoms with Gasteiger partial charge in [-0.05, 0) is 32.3 Å². The van der Waals surface area contributed by atoms with Crippen molar-refractivity contribution < 1.29 is 0 Å². The van der Waals surface area contributed by atoms with Crippen LogP contribution in [0.2, 0.25) is 0 Å². The summed E-state index contributed by atoms with van der Waals surface area (Å²) in [7, 11) is 0. The monoisotopic (exact) mass is 248 g/mol. The Morgan fingerprint density at radius 2 is 2.06 bits per heavy atom. The number of benzene rings is 1. The Kier molecular flexibility index (Phi) is 4.11. The van der Waals surface area contributed by atoms with Crippen LogP contribution in [0.4, 0.5) is 0 Å². The molecule has 2 rings (SSSR count). The van der Waals surface area contributed by atoms with Gasteiger partial charge in [0.2, 0.25) is 0 Å². The smallest absolute Gasteiger partial charge is 0.157 e. The highest BCUT2D eigenvalue weighted by atomic mass is 32.2. The third-order valence-corrected chi connectivity index (χ3v) is 3.80. The van der Waals surface area contributed by atoms with Gasteiger partial charge < -0.3 is 5.32 Å². The van der Waals surface area contributed by atoms with E-state index >= 15 is 0 Å². The highest BCUT2D eigenvalue weighted by Gasteiger charge is 2.20. The Bertz CT molecular complexity index is 384. The van der Waals surface area contributed by atoms with Crippen LogP contribution in [0.5, 0.6) is 0 Å². The molecule has 0 radical (unpaired) electrons. The molecular formula is C14H20N2S. The summed E-state index contributed by atoms with van der Waals surface area (Å²) >= 11 is 1.83.